The van der Waals surface area contributed by atoms with Gasteiger partial charge in [0.2, 0.25) is 0 Å². The first-order chi connectivity index (χ1) is 5.85. The number of unbranched alkanes of at least 4 members (excludes halogenated alkanes) is 3. The van der Waals surface area contributed by atoms with E-state index in [4.69, 9.17) is 0 Å². The van der Waals surface area contributed by atoms with E-state index in [-0.39, 0.29) is 0 Å². The molecule has 0 aliphatic heterocycles. The molecule has 0 amide bonds. The second kappa shape index (κ2) is 8.83. The zero-order valence-corrected chi connectivity index (χ0v) is 9.03. The lowest BCUT2D eigenvalue weighted by molar-refractivity contribution is 0.749. The van der Waals surface area contributed by atoms with Crippen molar-refractivity contribution in [1.29, 1.82) is 0 Å². The molecule has 0 saturated carbocycles. The van der Waals surface area contributed by atoms with Crippen molar-refractivity contribution in [3.8, 4) is 0 Å². The van der Waals surface area contributed by atoms with Crippen LogP contribution in [0.5, 0.6) is 0 Å². The molecule has 0 bridgehead atoms. The summed E-state index contributed by atoms with van der Waals surface area (Å²) in [6.45, 7) is 6.79. The molecule has 0 aromatic carbocycles. The monoisotopic (exact) mass is 168 g/mol. The molecule has 0 aromatic rings. The summed E-state index contributed by atoms with van der Waals surface area (Å²) in [4.78, 5) is 0. The third-order valence-electron chi connectivity index (χ3n) is 2.30. The molecule has 0 heterocycles. The molecule has 0 radical (unpaired) electrons. The molecular weight excluding hydrogens is 144 g/mol. The Balaban J connectivity index is 3.55. The van der Waals surface area contributed by atoms with E-state index in [0.29, 0.717) is 0 Å². The van der Waals surface area contributed by atoms with Gasteiger partial charge in [-0.2, -0.15) is 0 Å². The minimum Gasteiger partial charge on any atom is -0.0853 e. The molecule has 12 heavy (non-hydrogen) atoms. The standard InChI is InChI=1S/C12H24/c1-4-7-9-11-12(6-3)10-8-5-2/h11H,4-10H2,1-3H3/b12-11+. The third-order valence-corrected chi connectivity index (χ3v) is 2.30. The fourth-order valence-corrected chi connectivity index (χ4v) is 1.34. The zero-order chi connectivity index (χ0) is 9.23. The van der Waals surface area contributed by atoms with Crippen LogP contribution in [-0.4, -0.2) is 0 Å². The van der Waals surface area contributed by atoms with Crippen molar-refractivity contribution >= 4 is 0 Å². The van der Waals surface area contributed by atoms with Gasteiger partial charge in [-0.05, 0) is 25.7 Å². The molecule has 0 N–H and O–H groups in total. The van der Waals surface area contributed by atoms with Gasteiger partial charge < -0.3 is 0 Å². The first kappa shape index (κ1) is 11.7. The molecule has 0 heteroatoms. The summed E-state index contributed by atoms with van der Waals surface area (Å²) >= 11 is 0. The average molecular weight is 168 g/mol. The Bertz CT molecular complexity index is 111. The lowest BCUT2D eigenvalue weighted by atomic mass is 10.0. The second-order valence-corrected chi connectivity index (χ2v) is 3.46. The molecule has 0 atom stereocenters. The van der Waals surface area contributed by atoms with Crippen molar-refractivity contribution in [2.75, 3.05) is 0 Å². The number of allylic oxidation sites excluding steroid dienone is 2. The Morgan fingerprint density at radius 2 is 1.67 bits per heavy atom. The highest BCUT2D eigenvalue weighted by atomic mass is 14.0. The quantitative estimate of drug-likeness (QED) is 0.382. The van der Waals surface area contributed by atoms with Crippen molar-refractivity contribution in [3.63, 3.8) is 0 Å². The molecular formula is C12H24. The normalized spacial score (nSPS) is 12.1. The first-order valence-corrected chi connectivity index (χ1v) is 5.53. The van der Waals surface area contributed by atoms with Crippen LogP contribution in [0.25, 0.3) is 0 Å². The topological polar surface area (TPSA) is 0 Å². The van der Waals surface area contributed by atoms with Crippen LogP contribution >= 0.6 is 0 Å². The molecule has 0 aliphatic rings. The van der Waals surface area contributed by atoms with Crippen LogP contribution in [-0.2, 0) is 0 Å². The molecule has 0 aromatic heterocycles. The summed E-state index contributed by atoms with van der Waals surface area (Å²) in [6.07, 6.45) is 11.7. The number of rotatable bonds is 7. The van der Waals surface area contributed by atoms with E-state index < -0.39 is 0 Å². The molecule has 0 aliphatic carbocycles. The van der Waals surface area contributed by atoms with E-state index in [1.54, 1.807) is 5.57 Å². The first-order valence-electron chi connectivity index (χ1n) is 5.53. The minimum absolute atomic E-state index is 1.25. The highest BCUT2D eigenvalue weighted by molar-refractivity contribution is 5.00. The third kappa shape index (κ3) is 6.45. The maximum absolute atomic E-state index is 2.46. The van der Waals surface area contributed by atoms with Crippen LogP contribution in [0.3, 0.4) is 0 Å². The van der Waals surface area contributed by atoms with Gasteiger partial charge in [0.1, 0.15) is 0 Å². The number of hydrogen-bond donors (Lipinski definition) is 0. The summed E-state index contributed by atoms with van der Waals surface area (Å²) in [7, 11) is 0. The van der Waals surface area contributed by atoms with Gasteiger partial charge >= 0.3 is 0 Å². The van der Waals surface area contributed by atoms with Gasteiger partial charge in [-0.3, -0.25) is 0 Å². The minimum atomic E-state index is 1.25. The van der Waals surface area contributed by atoms with Crippen LogP contribution < -0.4 is 0 Å². The van der Waals surface area contributed by atoms with E-state index in [1.165, 1.54) is 44.9 Å². The highest BCUT2D eigenvalue weighted by Crippen LogP contribution is 2.12. The Kier molecular flexibility index (Phi) is 8.64. The molecule has 0 fully saturated rings. The van der Waals surface area contributed by atoms with Crippen molar-refractivity contribution < 1.29 is 0 Å². The van der Waals surface area contributed by atoms with Crippen LogP contribution in [0, 0.1) is 0 Å². The number of hydrogen-bond acceptors (Lipinski definition) is 0. The molecule has 0 saturated heterocycles. The van der Waals surface area contributed by atoms with Gasteiger partial charge in [-0.1, -0.05) is 51.7 Å². The Morgan fingerprint density at radius 1 is 1.00 bits per heavy atom. The van der Waals surface area contributed by atoms with Crippen molar-refractivity contribution in [3.05, 3.63) is 11.6 Å². The van der Waals surface area contributed by atoms with Crippen LogP contribution in [0.15, 0.2) is 11.6 Å². The fourth-order valence-electron chi connectivity index (χ4n) is 1.34. The molecule has 0 spiro atoms. The van der Waals surface area contributed by atoms with Gasteiger partial charge in [0.25, 0.3) is 0 Å². The van der Waals surface area contributed by atoms with E-state index in [0.717, 1.165) is 0 Å². The second-order valence-electron chi connectivity index (χ2n) is 3.46. The average Bonchev–Trinajstić information content (AvgIpc) is 2.11. The lowest BCUT2D eigenvalue weighted by Gasteiger charge is -2.02. The lowest BCUT2D eigenvalue weighted by Crippen LogP contribution is -1.82. The maximum atomic E-state index is 2.46. The van der Waals surface area contributed by atoms with Crippen LogP contribution in [0.2, 0.25) is 0 Å². The Morgan fingerprint density at radius 3 is 2.17 bits per heavy atom. The van der Waals surface area contributed by atoms with Crippen LogP contribution in [0.1, 0.15) is 65.7 Å². The van der Waals surface area contributed by atoms with Gasteiger partial charge in [-0.15, -0.1) is 0 Å². The summed E-state index contributed by atoms with van der Waals surface area (Å²) in [5, 5.41) is 0. The highest BCUT2D eigenvalue weighted by Gasteiger charge is 1.92. The van der Waals surface area contributed by atoms with Crippen molar-refractivity contribution in [1.82, 2.24) is 0 Å². The maximum Gasteiger partial charge on any atom is -0.0321 e. The van der Waals surface area contributed by atoms with E-state index in [1.807, 2.05) is 0 Å². The Hall–Kier alpha value is -0.260. The van der Waals surface area contributed by atoms with Gasteiger partial charge in [0, 0.05) is 0 Å². The summed E-state index contributed by atoms with van der Waals surface area (Å²) < 4.78 is 0. The van der Waals surface area contributed by atoms with Gasteiger partial charge in [0.15, 0.2) is 0 Å². The summed E-state index contributed by atoms with van der Waals surface area (Å²) in [5.41, 5.74) is 1.67. The smallest absolute Gasteiger partial charge is 0.0321 e. The Labute approximate surface area is 78.1 Å². The molecule has 0 nitrogen and oxygen atoms in total. The van der Waals surface area contributed by atoms with E-state index in [2.05, 4.69) is 26.8 Å². The van der Waals surface area contributed by atoms with E-state index in [9.17, 15) is 0 Å². The fraction of sp³-hybridized carbons (Fsp3) is 0.833. The molecule has 72 valence electrons. The van der Waals surface area contributed by atoms with Crippen molar-refractivity contribution in [2.45, 2.75) is 65.7 Å². The molecule has 0 rings (SSSR count). The summed E-state index contributed by atoms with van der Waals surface area (Å²) in [6, 6.07) is 0. The molecule has 0 unspecified atom stereocenters. The van der Waals surface area contributed by atoms with Gasteiger partial charge in [-0.25, -0.2) is 0 Å². The zero-order valence-electron chi connectivity index (χ0n) is 9.03. The predicted octanol–water partition coefficient (Wildman–Crippen LogP) is 4.70. The van der Waals surface area contributed by atoms with Gasteiger partial charge in [0.05, 0.1) is 0 Å². The van der Waals surface area contributed by atoms with Crippen LogP contribution in [0.4, 0.5) is 0 Å². The van der Waals surface area contributed by atoms with E-state index >= 15 is 0 Å². The van der Waals surface area contributed by atoms with Crippen molar-refractivity contribution in [2.24, 2.45) is 0 Å². The largest absolute Gasteiger partial charge is 0.0853 e. The predicted molar refractivity (Wildman–Crippen MR) is 57.4 cm³/mol. The summed E-state index contributed by atoms with van der Waals surface area (Å²) in [5.74, 6) is 0. The SMILES string of the molecule is CCCC/C=C(\CC)CCCC.